The Balaban J connectivity index is 1.58. The van der Waals surface area contributed by atoms with Crippen molar-refractivity contribution in [2.45, 2.75) is 63.0 Å². The number of amides is 1. The molecule has 2 saturated heterocycles. The van der Waals surface area contributed by atoms with Crippen LogP contribution in [0, 0.1) is 0 Å². The van der Waals surface area contributed by atoms with Crippen molar-refractivity contribution in [1.29, 1.82) is 0 Å². The number of benzene rings is 2. The Labute approximate surface area is 180 Å². The van der Waals surface area contributed by atoms with Gasteiger partial charge in [-0.25, -0.2) is 0 Å². The summed E-state index contributed by atoms with van der Waals surface area (Å²) < 4.78 is 41.7. The van der Waals surface area contributed by atoms with Gasteiger partial charge >= 0.3 is 6.36 Å². The molecule has 0 bridgehead atoms. The maximum atomic E-state index is 13.1. The molecule has 2 aromatic rings. The summed E-state index contributed by atoms with van der Waals surface area (Å²) in [5, 5.41) is 3.13. The van der Waals surface area contributed by atoms with Crippen LogP contribution >= 0.6 is 0 Å². The van der Waals surface area contributed by atoms with E-state index in [2.05, 4.69) is 15.0 Å². The molecule has 0 aliphatic carbocycles. The number of hydrogen-bond acceptors (Lipinski definition) is 3. The maximum absolute atomic E-state index is 13.1. The maximum Gasteiger partial charge on any atom is 0.573 e. The number of nitrogens with zero attached hydrogens (tertiary/aromatic N) is 1. The molecule has 1 N–H and O–H groups in total. The first kappa shape index (κ1) is 21.7. The van der Waals surface area contributed by atoms with E-state index in [4.69, 9.17) is 0 Å². The van der Waals surface area contributed by atoms with Crippen LogP contribution in [-0.2, 0) is 0 Å². The van der Waals surface area contributed by atoms with Gasteiger partial charge in [0.05, 0.1) is 6.04 Å². The van der Waals surface area contributed by atoms with Crippen LogP contribution in [-0.4, -0.2) is 35.8 Å². The average molecular weight is 432 g/mol. The monoisotopic (exact) mass is 432 g/mol. The van der Waals surface area contributed by atoms with Crippen LogP contribution in [0.25, 0.3) is 0 Å². The lowest BCUT2D eigenvalue weighted by molar-refractivity contribution is -0.274. The molecule has 31 heavy (non-hydrogen) atoms. The van der Waals surface area contributed by atoms with E-state index in [1.54, 1.807) is 0 Å². The molecule has 0 aromatic heterocycles. The molecular weight excluding hydrogens is 405 g/mol. The Kier molecular flexibility index (Phi) is 6.51. The van der Waals surface area contributed by atoms with Gasteiger partial charge in [-0.1, -0.05) is 49.2 Å². The van der Waals surface area contributed by atoms with Gasteiger partial charge in [0, 0.05) is 17.6 Å². The van der Waals surface area contributed by atoms with Crippen LogP contribution in [0.4, 0.5) is 13.2 Å². The number of piperidine rings is 2. The molecule has 0 saturated carbocycles. The first-order valence-corrected chi connectivity index (χ1v) is 10.9. The number of alkyl halides is 3. The van der Waals surface area contributed by atoms with E-state index in [0.717, 1.165) is 37.4 Å². The molecule has 0 spiro atoms. The number of carbonyl (C=O) groups excluding carboxylic acids is 1. The van der Waals surface area contributed by atoms with Gasteiger partial charge in [-0.05, 0) is 56.0 Å². The molecule has 2 aliphatic heterocycles. The number of rotatable bonds is 5. The van der Waals surface area contributed by atoms with Crippen molar-refractivity contribution >= 4 is 5.91 Å². The van der Waals surface area contributed by atoms with Crippen molar-refractivity contribution < 1.29 is 22.7 Å². The third-order valence-corrected chi connectivity index (χ3v) is 6.30. The lowest BCUT2D eigenvalue weighted by Crippen LogP contribution is -2.54. The van der Waals surface area contributed by atoms with Crippen molar-refractivity contribution in [2.24, 2.45) is 0 Å². The zero-order chi connectivity index (χ0) is 21.8. The smallest absolute Gasteiger partial charge is 0.406 e. The molecule has 3 atom stereocenters. The van der Waals surface area contributed by atoms with Gasteiger partial charge < -0.3 is 10.1 Å². The van der Waals surface area contributed by atoms with Crippen molar-refractivity contribution in [3.63, 3.8) is 0 Å². The Morgan fingerprint density at radius 1 is 1.00 bits per heavy atom. The molecule has 2 fully saturated rings. The van der Waals surface area contributed by atoms with E-state index in [0.29, 0.717) is 6.04 Å². The number of fused-ring (bicyclic) bond motifs is 1. The molecular formula is C24H27F3N2O2. The van der Waals surface area contributed by atoms with Crippen LogP contribution in [0.2, 0.25) is 0 Å². The summed E-state index contributed by atoms with van der Waals surface area (Å²) in [5.41, 5.74) is 1.16. The Morgan fingerprint density at radius 2 is 1.77 bits per heavy atom. The minimum absolute atomic E-state index is 0.147. The normalized spacial score (nSPS) is 22.9. The summed E-state index contributed by atoms with van der Waals surface area (Å²) in [4.78, 5) is 15.6. The van der Waals surface area contributed by atoms with E-state index >= 15 is 0 Å². The number of ether oxygens (including phenoxy) is 1. The van der Waals surface area contributed by atoms with Gasteiger partial charge in [0.15, 0.2) is 0 Å². The van der Waals surface area contributed by atoms with E-state index in [1.165, 1.54) is 37.5 Å². The Bertz CT molecular complexity index is 886. The average Bonchev–Trinajstić information content (AvgIpc) is 2.76. The highest BCUT2D eigenvalue weighted by Gasteiger charge is 2.38. The van der Waals surface area contributed by atoms with Gasteiger partial charge in [-0.3, -0.25) is 9.69 Å². The lowest BCUT2D eigenvalue weighted by Gasteiger charge is -2.48. The summed E-state index contributed by atoms with van der Waals surface area (Å²) in [7, 11) is 0. The highest BCUT2D eigenvalue weighted by molar-refractivity contribution is 5.94. The van der Waals surface area contributed by atoms with Gasteiger partial charge in [-0.2, -0.15) is 0 Å². The van der Waals surface area contributed by atoms with Crippen molar-refractivity contribution in [2.75, 3.05) is 6.54 Å². The Morgan fingerprint density at radius 3 is 2.55 bits per heavy atom. The van der Waals surface area contributed by atoms with Crippen LogP contribution in [0.15, 0.2) is 54.6 Å². The van der Waals surface area contributed by atoms with Gasteiger partial charge in [-0.15, -0.1) is 13.2 Å². The lowest BCUT2D eigenvalue weighted by atomic mass is 9.84. The highest BCUT2D eigenvalue weighted by Crippen LogP contribution is 2.36. The predicted molar refractivity (Wildman–Crippen MR) is 112 cm³/mol. The molecule has 4 nitrogen and oxygen atoms in total. The number of halogens is 3. The summed E-state index contributed by atoms with van der Waals surface area (Å²) in [6.45, 7) is 1.02. The molecule has 2 aliphatic rings. The summed E-state index contributed by atoms with van der Waals surface area (Å²) in [6.07, 6.45) is 2.05. The van der Waals surface area contributed by atoms with Crippen molar-refractivity contribution in [1.82, 2.24) is 10.2 Å². The fraction of sp³-hybridized carbons (Fsp3) is 0.458. The zero-order valence-corrected chi connectivity index (χ0v) is 17.3. The highest BCUT2D eigenvalue weighted by atomic mass is 19.4. The quantitative estimate of drug-likeness (QED) is 0.682. The first-order chi connectivity index (χ1) is 14.9. The van der Waals surface area contributed by atoms with E-state index in [9.17, 15) is 18.0 Å². The zero-order valence-electron chi connectivity index (χ0n) is 17.3. The number of hydrogen-bond donors (Lipinski definition) is 1. The fourth-order valence-corrected chi connectivity index (χ4v) is 4.98. The second kappa shape index (κ2) is 9.30. The summed E-state index contributed by atoms with van der Waals surface area (Å²) in [6, 6.07) is 15.5. The number of carbonyl (C=O) groups is 1. The minimum Gasteiger partial charge on any atom is -0.406 e. The molecule has 0 radical (unpaired) electrons. The molecule has 1 amide bonds. The topological polar surface area (TPSA) is 41.6 Å². The van der Waals surface area contributed by atoms with Crippen molar-refractivity contribution in [3.05, 3.63) is 65.7 Å². The predicted octanol–water partition coefficient (Wildman–Crippen LogP) is 5.46. The fourth-order valence-electron chi connectivity index (χ4n) is 4.98. The van der Waals surface area contributed by atoms with Crippen molar-refractivity contribution in [3.8, 4) is 5.75 Å². The SMILES string of the molecule is O=C(NC(c1ccccc1)C1CCCC2CCCCN21)c1cccc(OC(F)(F)F)c1. The molecule has 2 heterocycles. The van der Waals surface area contributed by atoms with E-state index in [1.807, 2.05) is 30.3 Å². The summed E-state index contributed by atoms with van der Waals surface area (Å²) >= 11 is 0. The van der Waals surface area contributed by atoms with E-state index in [-0.39, 0.29) is 17.6 Å². The molecule has 2 aromatic carbocycles. The van der Waals surface area contributed by atoms with E-state index < -0.39 is 18.0 Å². The van der Waals surface area contributed by atoms with Crippen LogP contribution < -0.4 is 10.1 Å². The second-order valence-corrected chi connectivity index (χ2v) is 8.32. The Hall–Kier alpha value is -2.54. The molecule has 166 valence electrons. The molecule has 3 unspecified atom stereocenters. The van der Waals surface area contributed by atoms with Gasteiger partial charge in [0.1, 0.15) is 5.75 Å². The van der Waals surface area contributed by atoms with Gasteiger partial charge in [0.2, 0.25) is 0 Å². The van der Waals surface area contributed by atoms with Gasteiger partial charge in [0.25, 0.3) is 5.91 Å². The number of nitrogens with one attached hydrogen (secondary N) is 1. The minimum atomic E-state index is -4.80. The molecule has 7 heteroatoms. The third-order valence-electron chi connectivity index (χ3n) is 6.30. The molecule has 4 rings (SSSR count). The van der Waals surface area contributed by atoms with Crippen LogP contribution in [0.3, 0.4) is 0 Å². The largest absolute Gasteiger partial charge is 0.573 e. The standard InChI is InChI=1S/C24H27F3N2O2/c25-24(26,27)31-20-13-6-10-18(16-20)23(30)28-22(17-8-2-1-3-9-17)21-14-7-12-19-11-4-5-15-29(19)21/h1-3,6,8-10,13,16,19,21-22H,4-5,7,11-12,14-15H2,(H,28,30). The third kappa shape index (κ3) is 5.39. The van der Waals surface area contributed by atoms with Crippen LogP contribution in [0.5, 0.6) is 5.75 Å². The first-order valence-electron chi connectivity index (χ1n) is 10.9. The van der Waals surface area contributed by atoms with Crippen LogP contribution in [0.1, 0.15) is 60.5 Å². The second-order valence-electron chi connectivity index (χ2n) is 8.32. The summed E-state index contributed by atoms with van der Waals surface area (Å²) in [5.74, 6) is -0.800.